The van der Waals surface area contributed by atoms with Gasteiger partial charge in [-0.15, -0.1) is 11.3 Å². The molecule has 3 rings (SSSR count). The number of hydrogen-bond acceptors (Lipinski definition) is 5. The van der Waals surface area contributed by atoms with Crippen LogP contribution in [0.15, 0.2) is 40.5 Å². The molecule has 1 atom stereocenters. The van der Waals surface area contributed by atoms with Gasteiger partial charge in [0.2, 0.25) is 11.7 Å². The minimum Gasteiger partial charge on any atom is -0.339 e. The molecule has 0 saturated carbocycles. The van der Waals surface area contributed by atoms with Gasteiger partial charge in [-0.3, -0.25) is 4.98 Å². The van der Waals surface area contributed by atoms with Crippen LogP contribution in [0.2, 0.25) is 0 Å². The van der Waals surface area contributed by atoms with Crippen LogP contribution in [-0.4, -0.2) is 15.1 Å². The Labute approximate surface area is 121 Å². The monoisotopic (exact) mass is 285 g/mol. The summed E-state index contributed by atoms with van der Waals surface area (Å²) >= 11 is 1.51. The highest BCUT2D eigenvalue weighted by molar-refractivity contribution is 7.13. The van der Waals surface area contributed by atoms with Crippen LogP contribution in [0.3, 0.4) is 0 Å². The number of nitrogens with zero attached hydrogens (tertiary/aromatic N) is 3. The Hall–Kier alpha value is -2.01. The van der Waals surface area contributed by atoms with E-state index in [1.165, 1.54) is 22.5 Å². The summed E-state index contributed by atoms with van der Waals surface area (Å²) < 4.78 is 5.34. The summed E-state index contributed by atoms with van der Waals surface area (Å²) in [4.78, 5) is 9.40. The van der Waals surface area contributed by atoms with Gasteiger partial charge < -0.3 is 4.52 Å². The minimum absolute atomic E-state index is 0.353. The molecule has 2 aromatic heterocycles. The molecule has 0 radical (unpaired) electrons. The second kappa shape index (κ2) is 5.54. The second-order valence-electron chi connectivity index (χ2n) is 4.84. The van der Waals surface area contributed by atoms with Gasteiger partial charge in [0.1, 0.15) is 0 Å². The third kappa shape index (κ3) is 2.63. The van der Waals surface area contributed by atoms with Gasteiger partial charge in [0, 0.05) is 12.6 Å². The van der Waals surface area contributed by atoms with E-state index in [4.69, 9.17) is 4.52 Å². The molecule has 4 nitrogen and oxygen atoms in total. The average Bonchev–Trinajstić information content (AvgIpc) is 3.09. The summed E-state index contributed by atoms with van der Waals surface area (Å²) in [5.41, 5.74) is 4.38. The maximum atomic E-state index is 5.34. The largest absolute Gasteiger partial charge is 0.339 e. The lowest BCUT2D eigenvalue weighted by atomic mass is 9.94. The van der Waals surface area contributed by atoms with Gasteiger partial charge in [-0.2, -0.15) is 4.98 Å². The van der Waals surface area contributed by atoms with Crippen molar-refractivity contribution in [3.05, 3.63) is 53.0 Å². The molecule has 20 heavy (non-hydrogen) atoms. The molecule has 1 aromatic carbocycles. The van der Waals surface area contributed by atoms with Gasteiger partial charge in [0.25, 0.3) is 0 Å². The third-order valence-electron chi connectivity index (χ3n) is 3.32. The van der Waals surface area contributed by atoms with Crippen molar-refractivity contribution < 1.29 is 4.52 Å². The van der Waals surface area contributed by atoms with Crippen LogP contribution in [0, 0.1) is 6.92 Å². The van der Waals surface area contributed by atoms with E-state index in [0.29, 0.717) is 17.6 Å². The van der Waals surface area contributed by atoms with Gasteiger partial charge >= 0.3 is 0 Å². The first kappa shape index (κ1) is 13.0. The first-order valence-corrected chi connectivity index (χ1v) is 7.39. The molecule has 0 spiro atoms. The van der Waals surface area contributed by atoms with Gasteiger partial charge in [-0.25, -0.2) is 0 Å². The summed E-state index contributed by atoms with van der Waals surface area (Å²) in [5, 5.41) is 4.01. The predicted octanol–water partition coefficient (Wildman–Crippen LogP) is 3.85. The highest BCUT2D eigenvalue weighted by Gasteiger charge is 2.15. The maximum Gasteiger partial charge on any atom is 0.227 e. The Balaban J connectivity index is 1.77. The van der Waals surface area contributed by atoms with Crippen molar-refractivity contribution in [2.45, 2.75) is 26.2 Å². The number of aryl methyl sites for hydroxylation is 1. The fourth-order valence-electron chi connectivity index (χ4n) is 2.28. The Kier molecular flexibility index (Phi) is 3.60. The van der Waals surface area contributed by atoms with Crippen molar-refractivity contribution in [1.29, 1.82) is 0 Å². The molecule has 0 amide bonds. The normalized spacial score (nSPS) is 12.5. The Morgan fingerprint density at radius 2 is 2.15 bits per heavy atom. The molecule has 5 heteroatoms. The number of benzene rings is 1. The number of aromatic nitrogens is 3. The standard InChI is InChI=1S/C15H15N3OS/c1-10-5-3-4-6-12(10)11(2)7-14-17-15(18-19-14)13-8-16-9-20-13/h3-6,8-9,11H,7H2,1-2H3. The number of hydrogen-bond donors (Lipinski definition) is 0. The van der Waals surface area contributed by atoms with Crippen LogP contribution < -0.4 is 0 Å². The van der Waals surface area contributed by atoms with E-state index >= 15 is 0 Å². The molecule has 0 aliphatic carbocycles. The summed E-state index contributed by atoms with van der Waals surface area (Å²) in [6.45, 7) is 4.31. The Morgan fingerprint density at radius 3 is 2.90 bits per heavy atom. The van der Waals surface area contributed by atoms with Gasteiger partial charge in [0.05, 0.1) is 10.4 Å². The molecule has 0 fully saturated rings. The highest BCUT2D eigenvalue weighted by atomic mass is 32.1. The molecule has 0 bridgehead atoms. The zero-order chi connectivity index (χ0) is 13.9. The topological polar surface area (TPSA) is 51.8 Å². The van der Waals surface area contributed by atoms with Gasteiger partial charge in [0.15, 0.2) is 0 Å². The summed E-state index contributed by atoms with van der Waals surface area (Å²) in [5.74, 6) is 1.65. The molecule has 0 N–H and O–H groups in total. The molecule has 3 aromatic rings. The van der Waals surface area contributed by atoms with Gasteiger partial charge in [-0.05, 0) is 24.0 Å². The van der Waals surface area contributed by atoms with Crippen molar-refractivity contribution >= 4 is 11.3 Å². The first-order valence-electron chi connectivity index (χ1n) is 6.51. The van der Waals surface area contributed by atoms with Crippen molar-refractivity contribution in [2.24, 2.45) is 0 Å². The smallest absolute Gasteiger partial charge is 0.227 e. The molecule has 0 aliphatic heterocycles. The Morgan fingerprint density at radius 1 is 1.30 bits per heavy atom. The van der Waals surface area contributed by atoms with E-state index in [1.54, 1.807) is 11.7 Å². The van der Waals surface area contributed by atoms with E-state index in [-0.39, 0.29) is 0 Å². The highest BCUT2D eigenvalue weighted by Crippen LogP contribution is 2.25. The molecule has 0 aliphatic rings. The van der Waals surface area contributed by atoms with Crippen molar-refractivity contribution in [3.8, 4) is 10.7 Å². The number of thiazole rings is 1. The van der Waals surface area contributed by atoms with E-state index in [0.717, 1.165) is 11.3 Å². The van der Waals surface area contributed by atoms with Crippen LogP contribution in [0.1, 0.15) is 29.9 Å². The van der Waals surface area contributed by atoms with E-state index in [9.17, 15) is 0 Å². The summed E-state index contributed by atoms with van der Waals surface area (Å²) in [6, 6.07) is 8.40. The lowest BCUT2D eigenvalue weighted by molar-refractivity contribution is 0.372. The maximum absolute atomic E-state index is 5.34. The summed E-state index contributed by atoms with van der Waals surface area (Å²) in [6.07, 6.45) is 2.50. The lowest BCUT2D eigenvalue weighted by Crippen LogP contribution is -2.00. The van der Waals surface area contributed by atoms with Crippen molar-refractivity contribution in [3.63, 3.8) is 0 Å². The van der Waals surface area contributed by atoms with Crippen molar-refractivity contribution in [1.82, 2.24) is 15.1 Å². The quantitative estimate of drug-likeness (QED) is 0.730. The average molecular weight is 285 g/mol. The van der Waals surface area contributed by atoms with Crippen LogP contribution >= 0.6 is 11.3 Å². The van der Waals surface area contributed by atoms with E-state index < -0.39 is 0 Å². The zero-order valence-corrected chi connectivity index (χ0v) is 12.2. The van der Waals surface area contributed by atoms with Crippen LogP contribution in [-0.2, 0) is 6.42 Å². The molecular weight excluding hydrogens is 270 g/mol. The summed E-state index contributed by atoms with van der Waals surface area (Å²) in [7, 11) is 0. The molecule has 2 heterocycles. The zero-order valence-electron chi connectivity index (χ0n) is 11.4. The lowest BCUT2D eigenvalue weighted by Gasteiger charge is -2.11. The third-order valence-corrected chi connectivity index (χ3v) is 4.09. The van der Waals surface area contributed by atoms with E-state index in [2.05, 4.69) is 53.2 Å². The first-order chi connectivity index (χ1) is 9.74. The van der Waals surface area contributed by atoms with Gasteiger partial charge in [-0.1, -0.05) is 36.3 Å². The van der Waals surface area contributed by atoms with Crippen LogP contribution in [0.4, 0.5) is 0 Å². The van der Waals surface area contributed by atoms with Crippen LogP contribution in [0.5, 0.6) is 0 Å². The van der Waals surface area contributed by atoms with Crippen LogP contribution in [0.25, 0.3) is 10.7 Å². The molecule has 1 unspecified atom stereocenters. The molecule has 102 valence electrons. The SMILES string of the molecule is Cc1ccccc1C(C)Cc1nc(-c2cncs2)no1. The number of rotatable bonds is 4. The Bertz CT molecular complexity index is 691. The molecular formula is C15H15N3OS. The van der Waals surface area contributed by atoms with Crippen molar-refractivity contribution in [2.75, 3.05) is 0 Å². The predicted molar refractivity (Wildman–Crippen MR) is 78.7 cm³/mol. The fourth-order valence-corrected chi connectivity index (χ4v) is 2.82. The molecule has 0 saturated heterocycles. The minimum atomic E-state index is 0.353. The second-order valence-corrected chi connectivity index (χ2v) is 5.73. The van der Waals surface area contributed by atoms with E-state index in [1.807, 2.05) is 0 Å². The fraction of sp³-hybridized carbons (Fsp3) is 0.267.